The molecule has 84 valence electrons. The molecule has 0 saturated heterocycles. The summed E-state index contributed by atoms with van der Waals surface area (Å²) in [5.41, 5.74) is 5.83. The lowest BCUT2D eigenvalue weighted by Crippen LogP contribution is -2.07. The van der Waals surface area contributed by atoms with Crippen LogP contribution >= 0.6 is 0 Å². The molecule has 0 aliphatic carbocycles. The van der Waals surface area contributed by atoms with Crippen molar-refractivity contribution in [1.29, 1.82) is 0 Å². The first-order chi connectivity index (χ1) is 7.19. The maximum absolute atomic E-state index is 13.4. The third kappa shape index (κ3) is 3.18. The highest BCUT2D eigenvalue weighted by Crippen LogP contribution is 2.23. The molecule has 1 aromatic rings. The molecule has 1 unspecified atom stereocenters. The van der Waals surface area contributed by atoms with Gasteiger partial charge in [-0.1, -0.05) is 6.07 Å². The monoisotopic (exact) mass is 213 g/mol. The molecule has 0 aromatic heterocycles. The van der Waals surface area contributed by atoms with Crippen LogP contribution in [0.2, 0.25) is 0 Å². The molecule has 0 heterocycles. The third-order valence-corrected chi connectivity index (χ3v) is 2.08. The molecule has 3 N–H and O–H groups in total. The fourth-order valence-corrected chi connectivity index (χ4v) is 1.32. The second-order valence-corrected chi connectivity index (χ2v) is 3.22. The average Bonchev–Trinajstić information content (AvgIpc) is 2.21. The number of aliphatic hydroxyl groups is 1. The van der Waals surface area contributed by atoms with Gasteiger partial charge in [0.2, 0.25) is 0 Å². The van der Waals surface area contributed by atoms with E-state index in [-0.39, 0.29) is 5.75 Å². The van der Waals surface area contributed by atoms with Crippen molar-refractivity contribution in [3.05, 3.63) is 29.6 Å². The van der Waals surface area contributed by atoms with E-state index in [1.165, 1.54) is 12.1 Å². The smallest absolute Gasteiger partial charge is 0.165 e. The van der Waals surface area contributed by atoms with Crippen molar-refractivity contribution in [2.75, 3.05) is 13.2 Å². The van der Waals surface area contributed by atoms with Crippen LogP contribution < -0.4 is 10.5 Å². The summed E-state index contributed by atoms with van der Waals surface area (Å²) in [4.78, 5) is 0. The first kappa shape index (κ1) is 11.9. The van der Waals surface area contributed by atoms with Crippen molar-refractivity contribution in [3.63, 3.8) is 0 Å². The Labute approximate surface area is 88.7 Å². The number of ether oxygens (including phenoxy) is 1. The molecular formula is C11H16FNO2. The van der Waals surface area contributed by atoms with Crippen molar-refractivity contribution < 1.29 is 14.2 Å². The highest BCUT2D eigenvalue weighted by Gasteiger charge is 2.10. The van der Waals surface area contributed by atoms with Crippen molar-refractivity contribution >= 4 is 0 Å². The molecule has 3 nitrogen and oxygen atoms in total. The Morgan fingerprint density at radius 2 is 2.27 bits per heavy atom. The van der Waals surface area contributed by atoms with Gasteiger partial charge in [-0.05, 0) is 37.6 Å². The topological polar surface area (TPSA) is 55.5 Å². The summed E-state index contributed by atoms with van der Waals surface area (Å²) in [5, 5.41) is 9.58. The molecule has 0 amide bonds. The van der Waals surface area contributed by atoms with E-state index in [4.69, 9.17) is 10.5 Å². The summed E-state index contributed by atoms with van der Waals surface area (Å²) < 4.78 is 18.4. The number of aliphatic hydroxyl groups excluding tert-OH is 1. The second-order valence-electron chi connectivity index (χ2n) is 3.22. The number of hydrogen-bond acceptors (Lipinski definition) is 3. The van der Waals surface area contributed by atoms with Crippen LogP contribution in [0.3, 0.4) is 0 Å². The lowest BCUT2D eigenvalue weighted by atomic mass is 10.1. The summed E-state index contributed by atoms with van der Waals surface area (Å²) in [6, 6.07) is 4.45. The van der Waals surface area contributed by atoms with Crippen molar-refractivity contribution in [2.24, 2.45) is 5.73 Å². The largest absolute Gasteiger partial charge is 0.491 e. The van der Waals surface area contributed by atoms with E-state index in [0.29, 0.717) is 25.1 Å². The van der Waals surface area contributed by atoms with Crippen LogP contribution in [0, 0.1) is 5.82 Å². The van der Waals surface area contributed by atoms with Crippen LogP contribution in [0.5, 0.6) is 5.75 Å². The summed E-state index contributed by atoms with van der Waals surface area (Å²) in [6.07, 6.45) is -0.284. The van der Waals surface area contributed by atoms with Gasteiger partial charge in [-0.2, -0.15) is 0 Å². The van der Waals surface area contributed by atoms with Gasteiger partial charge in [-0.25, -0.2) is 4.39 Å². The van der Waals surface area contributed by atoms with Crippen LogP contribution in [-0.4, -0.2) is 18.3 Å². The van der Waals surface area contributed by atoms with E-state index < -0.39 is 11.9 Å². The predicted molar refractivity (Wildman–Crippen MR) is 56.2 cm³/mol. The molecule has 0 bridgehead atoms. The third-order valence-electron chi connectivity index (χ3n) is 2.08. The molecule has 1 rings (SSSR count). The summed E-state index contributed by atoms with van der Waals surface area (Å²) in [7, 11) is 0. The summed E-state index contributed by atoms with van der Waals surface area (Å²) in [5.74, 6) is -0.244. The Hall–Kier alpha value is -1.13. The van der Waals surface area contributed by atoms with Crippen molar-refractivity contribution in [1.82, 2.24) is 0 Å². The molecule has 0 fully saturated rings. The van der Waals surface area contributed by atoms with Crippen LogP contribution in [0.25, 0.3) is 0 Å². The number of halogens is 1. The minimum Gasteiger partial charge on any atom is -0.491 e. The average molecular weight is 213 g/mol. The van der Waals surface area contributed by atoms with Crippen LogP contribution in [0.1, 0.15) is 25.0 Å². The zero-order chi connectivity index (χ0) is 11.3. The highest BCUT2D eigenvalue weighted by molar-refractivity contribution is 5.30. The standard InChI is InChI=1S/C11H16FNO2/c1-2-15-11-4-3-8(7-9(11)12)10(14)5-6-13/h3-4,7,10,14H,2,5-6,13H2,1H3. The van der Waals surface area contributed by atoms with Gasteiger partial charge in [-0.3, -0.25) is 0 Å². The Balaban J connectivity index is 2.81. The molecule has 1 aromatic carbocycles. The Morgan fingerprint density at radius 3 is 2.80 bits per heavy atom. The van der Waals surface area contributed by atoms with E-state index in [1.807, 2.05) is 0 Å². The van der Waals surface area contributed by atoms with Gasteiger partial charge < -0.3 is 15.6 Å². The number of hydrogen-bond donors (Lipinski definition) is 2. The zero-order valence-electron chi connectivity index (χ0n) is 8.74. The number of benzene rings is 1. The van der Waals surface area contributed by atoms with Gasteiger partial charge in [0.05, 0.1) is 12.7 Å². The molecule has 15 heavy (non-hydrogen) atoms. The van der Waals surface area contributed by atoms with E-state index in [0.717, 1.165) is 0 Å². The van der Waals surface area contributed by atoms with Gasteiger partial charge in [0.1, 0.15) is 0 Å². The quantitative estimate of drug-likeness (QED) is 0.781. The molecule has 0 aliphatic heterocycles. The van der Waals surface area contributed by atoms with Gasteiger partial charge in [0, 0.05) is 0 Å². The zero-order valence-corrected chi connectivity index (χ0v) is 8.74. The van der Waals surface area contributed by atoms with Crippen LogP contribution in [0.15, 0.2) is 18.2 Å². The van der Waals surface area contributed by atoms with Gasteiger partial charge in [0.25, 0.3) is 0 Å². The lowest BCUT2D eigenvalue weighted by Gasteiger charge is -2.11. The fraction of sp³-hybridized carbons (Fsp3) is 0.455. The van der Waals surface area contributed by atoms with E-state index >= 15 is 0 Å². The Morgan fingerprint density at radius 1 is 1.53 bits per heavy atom. The lowest BCUT2D eigenvalue weighted by molar-refractivity contribution is 0.169. The Kier molecular flexibility index (Phi) is 4.52. The molecule has 0 saturated carbocycles. The van der Waals surface area contributed by atoms with Gasteiger partial charge >= 0.3 is 0 Å². The van der Waals surface area contributed by atoms with Gasteiger partial charge in [0.15, 0.2) is 11.6 Å². The molecule has 0 radical (unpaired) electrons. The molecule has 0 spiro atoms. The molecule has 1 atom stereocenters. The van der Waals surface area contributed by atoms with Crippen molar-refractivity contribution in [2.45, 2.75) is 19.4 Å². The maximum atomic E-state index is 13.4. The second kappa shape index (κ2) is 5.68. The fourth-order valence-electron chi connectivity index (χ4n) is 1.32. The van der Waals surface area contributed by atoms with Crippen molar-refractivity contribution in [3.8, 4) is 5.75 Å². The van der Waals surface area contributed by atoms with E-state index in [2.05, 4.69) is 0 Å². The number of nitrogens with two attached hydrogens (primary N) is 1. The SMILES string of the molecule is CCOc1ccc(C(O)CCN)cc1F. The first-order valence-electron chi connectivity index (χ1n) is 4.99. The van der Waals surface area contributed by atoms with E-state index in [9.17, 15) is 9.50 Å². The minimum atomic E-state index is -0.708. The Bertz CT molecular complexity index is 317. The van der Waals surface area contributed by atoms with E-state index in [1.54, 1.807) is 13.0 Å². The minimum absolute atomic E-state index is 0.209. The van der Waals surface area contributed by atoms with Crippen LogP contribution in [0.4, 0.5) is 4.39 Å². The number of rotatable bonds is 5. The highest BCUT2D eigenvalue weighted by atomic mass is 19.1. The first-order valence-corrected chi connectivity index (χ1v) is 4.99. The predicted octanol–water partition coefficient (Wildman–Crippen LogP) is 1.61. The molecule has 4 heteroatoms. The van der Waals surface area contributed by atoms with Gasteiger partial charge in [-0.15, -0.1) is 0 Å². The van der Waals surface area contributed by atoms with Crippen LogP contribution in [-0.2, 0) is 0 Å². The molecular weight excluding hydrogens is 197 g/mol. The molecule has 0 aliphatic rings. The summed E-state index contributed by atoms with van der Waals surface area (Å²) in [6.45, 7) is 2.58. The summed E-state index contributed by atoms with van der Waals surface area (Å²) >= 11 is 0. The maximum Gasteiger partial charge on any atom is 0.165 e. The normalized spacial score (nSPS) is 12.5.